The van der Waals surface area contributed by atoms with Gasteiger partial charge < -0.3 is 25.2 Å². The number of para-hydroxylation sites is 1. The lowest BCUT2D eigenvalue weighted by Crippen LogP contribution is -2.51. The highest BCUT2D eigenvalue weighted by molar-refractivity contribution is 5.95. The first-order valence-electron chi connectivity index (χ1n) is 16.6. The van der Waals surface area contributed by atoms with Crippen molar-refractivity contribution in [2.24, 2.45) is 0 Å². The van der Waals surface area contributed by atoms with Crippen molar-refractivity contribution >= 4 is 23.6 Å². The molecule has 1 unspecified atom stereocenters. The molecule has 0 aromatic heterocycles. The first-order chi connectivity index (χ1) is 24.4. The number of hydrogen-bond acceptors (Lipinski definition) is 6. The number of carbonyl (C=O) groups excluding carboxylic acids is 3. The fourth-order valence-corrected chi connectivity index (χ4v) is 6.07. The highest BCUT2D eigenvalue weighted by Gasteiger charge is 2.39. The molecule has 0 spiro atoms. The Morgan fingerprint density at radius 3 is 2.12 bits per heavy atom. The van der Waals surface area contributed by atoms with Crippen molar-refractivity contribution in [1.82, 2.24) is 10.6 Å². The topological polar surface area (TPSA) is 117 Å². The van der Waals surface area contributed by atoms with Crippen molar-refractivity contribution < 1.29 is 42.1 Å². The van der Waals surface area contributed by atoms with E-state index in [2.05, 4.69) is 10.6 Å². The van der Waals surface area contributed by atoms with Gasteiger partial charge in [-0.2, -0.15) is 13.2 Å². The summed E-state index contributed by atoms with van der Waals surface area (Å²) >= 11 is 0. The van der Waals surface area contributed by atoms with Crippen LogP contribution in [-0.4, -0.2) is 60.5 Å². The van der Waals surface area contributed by atoms with E-state index in [0.717, 1.165) is 39.3 Å². The third kappa shape index (κ3) is 10.1. The summed E-state index contributed by atoms with van der Waals surface area (Å²) in [4.78, 5) is 40.4. The Kier molecular flexibility index (Phi) is 12.0. The summed E-state index contributed by atoms with van der Waals surface area (Å²) in [7, 11) is 0. The monoisotopic (exact) mass is 703 g/mol. The van der Waals surface area contributed by atoms with Crippen LogP contribution >= 0.6 is 0 Å². The fourth-order valence-electron chi connectivity index (χ4n) is 6.07. The Hall–Kier alpha value is -5.36. The van der Waals surface area contributed by atoms with E-state index >= 15 is 0 Å². The van der Waals surface area contributed by atoms with Crippen LogP contribution in [-0.2, 0) is 33.3 Å². The largest absolute Gasteiger partial charge is 0.483 e. The lowest BCUT2D eigenvalue weighted by molar-refractivity contribution is -0.137. The first-order valence-corrected chi connectivity index (χ1v) is 16.6. The predicted octanol–water partition coefficient (Wildman–Crippen LogP) is 5.93. The van der Waals surface area contributed by atoms with Gasteiger partial charge in [0.25, 0.3) is 11.8 Å². The molecule has 1 heterocycles. The summed E-state index contributed by atoms with van der Waals surface area (Å²) in [5.41, 5.74) is 2.50. The summed E-state index contributed by atoms with van der Waals surface area (Å²) in [5.74, 6) is -0.497. The average molecular weight is 704 g/mol. The number of benzene rings is 4. The van der Waals surface area contributed by atoms with E-state index in [1.807, 2.05) is 92.7 Å². The van der Waals surface area contributed by atoms with E-state index in [4.69, 9.17) is 9.47 Å². The number of rotatable bonds is 14. The number of ether oxygens (including phenoxy) is 2. The summed E-state index contributed by atoms with van der Waals surface area (Å²) in [5, 5.41) is 17.4. The maximum Gasteiger partial charge on any atom is 0.416 e. The van der Waals surface area contributed by atoms with Gasteiger partial charge >= 0.3 is 12.3 Å². The molecule has 1 saturated heterocycles. The molecule has 0 bridgehead atoms. The third-order valence-electron chi connectivity index (χ3n) is 8.65. The quantitative estimate of drug-likeness (QED) is 0.150. The van der Waals surface area contributed by atoms with E-state index in [9.17, 15) is 32.7 Å². The van der Waals surface area contributed by atoms with Crippen LogP contribution in [0, 0.1) is 13.8 Å². The maximum atomic E-state index is 13.5. The van der Waals surface area contributed by atoms with Crippen molar-refractivity contribution in [1.29, 1.82) is 0 Å². The van der Waals surface area contributed by atoms with Gasteiger partial charge in [-0.3, -0.25) is 14.5 Å². The molecule has 3 N–H and O–H groups in total. The lowest BCUT2D eigenvalue weighted by atomic mass is 9.93. The van der Waals surface area contributed by atoms with Crippen molar-refractivity contribution in [3.05, 3.63) is 131 Å². The molecule has 12 heteroatoms. The highest BCUT2D eigenvalue weighted by atomic mass is 19.4. The minimum Gasteiger partial charge on any atom is -0.483 e. The van der Waals surface area contributed by atoms with Gasteiger partial charge in [0.1, 0.15) is 5.75 Å². The van der Waals surface area contributed by atoms with Crippen LogP contribution in [0.25, 0.3) is 0 Å². The number of aryl methyl sites for hydroxylation is 2. The van der Waals surface area contributed by atoms with Gasteiger partial charge in [-0.1, -0.05) is 84.9 Å². The maximum absolute atomic E-state index is 13.5. The number of aliphatic hydroxyl groups excluding tert-OH is 1. The van der Waals surface area contributed by atoms with Gasteiger partial charge in [-0.05, 0) is 73.6 Å². The first kappa shape index (κ1) is 36.9. The summed E-state index contributed by atoms with van der Waals surface area (Å²) < 4.78 is 51.1. The van der Waals surface area contributed by atoms with E-state index in [1.54, 1.807) is 0 Å². The van der Waals surface area contributed by atoms with Crippen LogP contribution < -0.4 is 20.3 Å². The van der Waals surface area contributed by atoms with Gasteiger partial charge in [-0.15, -0.1) is 0 Å². The molecule has 1 aliphatic rings. The molecule has 1 aliphatic heterocycles. The Morgan fingerprint density at radius 1 is 0.882 bits per heavy atom. The molecule has 3 amide bonds. The average Bonchev–Trinajstić information content (AvgIpc) is 3.50. The molecule has 5 rings (SSSR count). The van der Waals surface area contributed by atoms with Gasteiger partial charge in [0.15, 0.2) is 12.7 Å². The van der Waals surface area contributed by atoms with Crippen LogP contribution in [0.15, 0.2) is 103 Å². The minimum absolute atomic E-state index is 0.00812. The van der Waals surface area contributed by atoms with E-state index in [-0.39, 0.29) is 31.7 Å². The van der Waals surface area contributed by atoms with Crippen molar-refractivity contribution in [2.45, 2.75) is 63.6 Å². The number of halogens is 3. The molecular formula is C39H40F3N3O6. The minimum atomic E-state index is -4.62. The van der Waals surface area contributed by atoms with Gasteiger partial charge in [0, 0.05) is 11.7 Å². The standard InChI is InChI=1S/C39H40F3N3O6/c1-25-11-9-12-26(2)36(25)50-24-35(47)44-32(20-28-15-7-4-8-16-28)33(46)22-30(19-27-13-5-3-6-14-27)43-37(48)34-23-45(38(49)51-34)31-18-10-17-29(21-31)39(40,41)42/h3-18,21,30,32-34,46H,19-20,22-24H2,1-2H3,(H,43,48)(H,44,47)/t30-,32-,33-,34?/m0/s1. The molecule has 51 heavy (non-hydrogen) atoms. The summed E-state index contributed by atoms with van der Waals surface area (Å²) in [6.07, 6.45) is -7.44. The zero-order chi connectivity index (χ0) is 36.5. The van der Waals surface area contributed by atoms with Gasteiger partial charge in [0.05, 0.1) is 24.3 Å². The molecule has 0 saturated carbocycles. The SMILES string of the molecule is Cc1cccc(C)c1OCC(=O)N[C@@H](Cc1ccccc1)[C@@H](O)C[C@H](Cc1ccccc1)NC(=O)C1CN(c2cccc(C(F)(F)F)c2)C(=O)O1. The number of cyclic esters (lactones) is 1. The van der Waals surface area contributed by atoms with Crippen LogP contribution in [0.3, 0.4) is 0 Å². The van der Waals surface area contributed by atoms with E-state index < -0.39 is 53.9 Å². The Bertz CT molecular complexity index is 1780. The number of anilines is 1. The number of nitrogens with one attached hydrogen (secondary N) is 2. The van der Waals surface area contributed by atoms with E-state index in [1.165, 1.54) is 12.1 Å². The van der Waals surface area contributed by atoms with Crippen molar-refractivity contribution in [3.63, 3.8) is 0 Å². The number of aliphatic hydroxyl groups is 1. The smallest absolute Gasteiger partial charge is 0.416 e. The molecule has 1 fully saturated rings. The van der Waals surface area contributed by atoms with Crippen LogP contribution in [0.5, 0.6) is 5.75 Å². The zero-order valence-electron chi connectivity index (χ0n) is 28.2. The number of nitrogens with zero attached hydrogens (tertiary/aromatic N) is 1. The van der Waals surface area contributed by atoms with Crippen LogP contribution in [0.1, 0.15) is 34.2 Å². The summed E-state index contributed by atoms with van der Waals surface area (Å²) in [6.45, 7) is 3.19. The number of alkyl halides is 3. The second kappa shape index (κ2) is 16.6. The third-order valence-corrected chi connectivity index (χ3v) is 8.65. The molecule has 268 valence electrons. The number of carbonyl (C=O) groups is 3. The van der Waals surface area contributed by atoms with Gasteiger partial charge in [-0.25, -0.2) is 4.79 Å². The number of hydrogen-bond donors (Lipinski definition) is 3. The van der Waals surface area contributed by atoms with Crippen LogP contribution in [0.4, 0.5) is 23.7 Å². The van der Waals surface area contributed by atoms with Crippen LogP contribution in [0.2, 0.25) is 0 Å². The van der Waals surface area contributed by atoms with E-state index in [0.29, 0.717) is 12.2 Å². The molecule has 0 radical (unpaired) electrons. The van der Waals surface area contributed by atoms with Gasteiger partial charge in [0.2, 0.25) is 0 Å². The normalized spacial score (nSPS) is 16.2. The zero-order valence-corrected chi connectivity index (χ0v) is 28.2. The molecule has 4 aromatic carbocycles. The van der Waals surface area contributed by atoms with Crippen molar-refractivity contribution in [2.75, 3.05) is 18.1 Å². The molecule has 4 aromatic rings. The number of amides is 3. The Morgan fingerprint density at radius 2 is 1.49 bits per heavy atom. The molecular weight excluding hydrogens is 663 g/mol. The molecule has 9 nitrogen and oxygen atoms in total. The fraction of sp³-hybridized carbons (Fsp3) is 0.308. The predicted molar refractivity (Wildman–Crippen MR) is 185 cm³/mol. The highest BCUT2D eigenvalue weighted by Crippen LogP contribution is 2.33. The van der Waals surface area contributed by atoms with Crippen molar-refractivity contribution in [3.8, 4) is 5.75 Å². The molecule has 0 aliphatic carbocycles. The Labute approximate surface area is 294 Å². The Balaban J connectivity index is 1.30. The lowest BCUT2D eigenvalue weighted by Gasteiger charge is -2.29. The summed E-state index contributed by atoms with van der Waals surface area (Å²) in [6, 6.07) is 27.0. The molecule has 4 atom stereocenters. The second-order valence-electron chi connectivity index (χ2n) is 12.6. The second-order valence-corrected chi connectivity index (χ2v) is 12.6.